The first-order valence-corrected chi connectivity index (χ1v) is 8.37. The number of hydrogen-bond donors (Lipinski definition) is 0. The zero-order chi connectivity index (χ0) is 14.6. The fourth-order valence-corrected chi connectivity index (χ4v) is 3.01. The van der Waals surface area contributed by atoms with Crippen molar-refractivity contribution in [1.82, 2.24) is 4.90 Å². The Morgan fingerprint density at radius 1 is 1.21 bits per heavy atom. The molecule has 6 heteroatoms. The maximum atomic E-state index is 11.4. The van der Waals surface area contributed by atoms with Crippen molar-refractivity contribution in [3.63, 3.8) is 0 Å². The lowest BCUT2D eigenvalue weighted by atomic mass is 10.1. The third-order valence-electron chi connectivity index (χ3n) is 2.96. The molecule has 1 rings (SSSR count). The van der Waals surface area contributed by atoms with Gasteiger partial charge in [0.05, 0.1) is 11.5 Å². The van der Waals surface area contributed by atoms with Crippen molar-refractivity contribution in [2.24, 2.45) is 0 Å². The first-order valence-electron chi connectivity index (χ1n) is 6.06. The Morgan fingerprint density at radius 2 is 1.84 bits per heavy atom. The monoisotopic (exact) mass is 305 g/mol. The smallest absolute Gasteiger partial charge is 0.261 e. The minimum atomic E-state index is -3.70. The van der Waals surface area contributed by atoms with Crippen molar-refractivity contribution in [3.05, 3.63) is 23.3 Å². The Hall–Kier alpha value is -0.780. The van der Waals surface area contributed by atoms with Crippen molar-refractivity contribution < 1.29 is 13.2 Å². The highest BCUT2D eigenvalue weighted by Crippen LogP contribution is 2.28. The summed E-state index contributed by atoms with van der Waals surface area (Å²) in [5.41, 5.74) is 1.45. The van der Waals surface area contributed by atoms with Crippen molar-refractivity contribution in [3.8, 4) is 5.75 Å². The molecule has 108 valence electrons. The van der Waals surface area contributed by atoms with E-state index in [-0.39, 0.29) is 4.90 Å². The third kappa shape index (κ3) is 4.67. The summed E-state index contributed by atoms with van der Waals surface area (Å²) in [6, 6.07) is 3.15. The molecular formula is C13H20ClNO3S. The minimum absolute atomic E-state index is 0.146. The zero-order valence-corrected chi connectivity index (χ0v) is 13.3. The van der Waals surface area contributed by atoms with Crippen LogP contribution in [0.5, 0.6) is 5.75 Å². The van der Waals surface area contributed by atoms with Gasteiger partial charge in [-0.2, -0.15) is 0 Å². The van der Waals surface area contributed by atoms with Gasteiger partial charge in [0.15, 0.2) is 0 Å². The van der Waals surface area contributed by atoms with Crippen molar-refractivity contribution in [2.45, 2.75) is 25.2 Å². The first-order chi connectivity index (χ1) is 8.73. The van der Waals surface area contributed by atoms with Crippen LogP contribution in [-0.2, 0) is 9.05 Å². The average molecular weight is 306 g/mol. The zero-order valence-electron chi connectivity index (χ0n) is 11.7. The molecule has 0 fully saturated rings. The van der Waals surface area contributed by atoms with Gasteiger partial charge in [-0.15, -0.1) is 0 Å². The molecule has 0 radical (unpaired) electrons. The predicted octanol–water partition coefficient (Wildman–Crippen LogP) is 2.56. The van der Waals surface area contributed by atoms with Gasteiger partial charge in [0, 0.05) is 17.2 Å². The highest BCUT2D eigenvalue weighted by Gasteiger charge is 2.16. The van der Waals surface area contributed by atoms with E-state index in [1.54, 1.807) is 13.0 Å². The van der Waals surface area contributed by atoms with Crippen LogP contribution in [0.2, 0.25) is 0 Å². The van der Waals surface area contributed by atoms with Gasteiger partial charge in [-0.3, -0.25) is 0 Å². The van der Waals surface area contributed by atoms with E-state index in [0.29, 0.717) is 17.9 Å². The van der Waals surface area contributed by atoms with E-state index >= 15 is 0 Å². The van der Waals surface area contributed by atoms with Crippen molar-refractivity contribution in [2.75, 3.05) is 27.2 Å². The molecule has 0 spiro atoms. The van der Waals surface area contributed by atoms with Gasteiger partial charge in [-0.1, -0.05) is 0 Å². The van der Waals surface area contributed by atoms with E-state index in [0.717, 1.165) is 18.5 Å². The molecule has 0 aliphatic heterocycles. The summed E-state index contributed by atoms with van der Waals surface area (Å²) in [5.74, 6) is 0.709. The average Bonchev–Trinajstić information content (AvgIpc) is 2.27. The molecule has 4 nitrogen and oxygen atoms in total. The van der Waals surface area contributed by atoms with Crippen LogP contribution >= 0.6 is 10.7 Å². The lowest BCUT2D eigenvalue weighted by molar-refractivity contribution is 0.280. The molecule has 0 atom stereocenters. The van der Waals surface area contributed by atoms with Gasteiger partial charge >= 0.3 is 0 Å². The summed E-state index contributed by atoms with van der Waals surface area (Å²) in [7, 11) is 5.70. The number of benzene rings is 1. The van der Waals surface area contributed by atoms with Gasteiger partial charge in [0.25, 0.3) is 9.05 Å². The lowest BCUT2D eigenvalue weighted by Gasteiger charge is -2.14. The predicted molar refractivity (Wildman–Crippen MR) is 77.6 cm³/mol. The van der Waals surface area contributed by atoms with Gasteiger partial charge in [0.1, 0.15) is 5.75 Å². The van der Waals surface area contributed by atoms with Crippen LogP contribution in [0.25, 0.3) is 0 Å². The molecule has 0 amide bonds. The number of hydrogen-bond acceptors (Lipinski definition) is 4. The maximum absolute atomic E-state index is 11.4. The molecule has 0 N–H and O–H groups in total. The molecular weight excluding hydrogens is 286 g/mol. The third-order valence-corrected chi connectivity index (χ3v) is 4.42. The maximum Gasteiger partial charge on any atom is 0.261 e. The molecule has 1 aromatic carbocycles. The standard InChI is InChI=1S/C13H20ClNO3S/c1-10-11(2)13(19(14,16)17)7-6-12(10)18-9-5-8-15(3)4/h6-7H,5,8-9H2,1-4H3. The van der Waals surface area contributed by atoms with Gasteiger partial charge in [-0.25, -0.2) is 8.42 Å². The number of ether oxygens (including phenoxy) is 1. The number of nitrogens with zero attached hydrogens (tertiary/aromatic N) is 1. The Kier molecular flexibility index (Phi) is 5.64. The Morgan fingerprint density at radius 3 is 2.37 bits per heavy atom. The fourth-order valence-electron chi connectivity index (χ4n) is 1.75. The quantitative estimate of drug-likeness (QED) is 0.598. The fraction of sp³-hybridized carbons (Fsp3) is 0.538. The van der Waals surface area contributed by atoms with Gasteiger partial charge in [-0.05, 0) is 57.6 Å². The normalized spacial score (nSPS) is 11.9. The van der Waals surface area contributed by atoms with Crippen LogP contribution in [0, 0.1) is 13.8 Å². The molecule has 0 aliphatic rings. The summed E-state index contributed by atoms with van der Waals surface area (Å²) in [6.45, 7) is 5.12. The highest BCUT2D eigenvalue weighted by molar-refractivity contribution is 8.13. The van der Waals surface area contributed by atoms with Gasteiger partial charge in [0.2, 0.25) is 0 Å². The summed E-state index contributed by atoms with van der Waals surface area (Å²) in [5, 5.41) is 0. The van der Waals surface area contributed by atoms with E-state index in [2.05, 4.69) is 4.90 Å². The van der Waals surface area contributed by atoms with Crippen molar-refractivity contribution in [1.29, 1.82) is 0 Å². The van der Waals surface area contributed by atoms with Gasteiger partial charge < -0.3 is 9.64 Å². The van der Waals surface area contributed by atoms with E-state index in [1.807, 2.05) is 21.0 Å². The van der Waals surface area contributed by atoms with E-state index in [4.69, 9.17) is 15.4 Å². The van der Waals surface area contributed by atoms with Crippen molar-refractivity contribution >= 4 is 19.7 Å². The second-order valence-electron chi connectivity index (χ2n) is 4.75. The Bertz CT molecular complexity index is 541. The van der Waals surface area contributed by atoms with E-state index in [9.17, 15) is 8.42 Å². The van der Waals surface area contributed by atoms with E-state index in [1.165, 1.54) is 6.07 Å². The minimum Gasteiger partial charge on any atom is -0.493 e. The van der Waals surface area contributed by atoms with Crippen LogP contribution < -0.4 is 4.74 Å². The van der Waals surface area contributed by atoms with Crippen LogP contribution in [0.15, 0.2) is 17.0 Å². The Balaban J connectivity index is 2.80. The van der Waals surface area contributed by atoms with Crippen LogP contribution in [0.3, 0.4) is 0 Å². The molecule has 0 saturated carbocycles. The summed E-state index contributed by atoms with van der Waals surface area (Å²) >= 11 is 0. The molecule has 0 bridgehead atoms. The summed E-state index contributed by atoms with van der Waals surface area (Å²) in [6.07, 6.45) is 0.918. The molecule has 0 aliphatic carbocycles. The summed E-state index contributed by atoms with van der Waals surface area (Å²) < 4.78 is 28.4. The SMILES string of the molecule is Cc1c(OCCCN(C)C)ccc(S(=O)(=O)Cl)c1C. The molecule has 0 saturated heterocycles. The van der Waals surface area contributed by atoms with Crippen LogP contribution in [0.1, 0.15) is 17.5 Å². The topological polar surface area (TPSA) is 46.6 Å². The summed E-state index contributed by atoms with van der Waals surface area (Å²) in [4.78, 5) is 2.23. The first kappa shape index (κ1) is 16.3. The molecule has 19 heavy (non-hydrogen) atoms. The van der Waals surface area contributed by atoms with Crippen LogP contribution in [-0.4, -0.2) is 40.6 Å². The molecule has 0 unspecified atom stereocenters. The number of rotatable bonds is 6. The number of halogens is 1. The van der Waals surface area contributed by atoms with E-state index < -0.39 is 9.05 Å². The second kappa shape index (κ2) is 6.59. The molecule has 1 aromatic rings. The Labute approximate surface area is 119 Å². The molecule has 0 aromatic heterocycles. The largest absolute Gasteiger partial charge is 0.493 e. The van der Waals surface area contributed by atoms with Crippen LogP contribution in [0.4, 0.5) is 0 Å². The molecule has 0 heterocycles. The highest BCUT2D eigenvalue weighted by atomic mass is 35.7. The second-order valence-corrected chi connectivity index (χ2v) is 7.29. The lowest BCUT2D eigenvalue weighted by Crippen LogP contribution is -2.15.